The molecule has 5 heteroatoms. The van der Waals surface area contributed by atoms with E-state index in [4.69, 9.17) is 4.74 Å². The van der Waals surface area contributed by atoms with E-state index in [0.29, 0.717) is 6.54 Å². The van der Waals surface area contributed by atoms with E-state index >= 15 is 0 Å². The number of carbonyl (C=O) groups is 1. The third-order valence-corrected chi connectivity index (χ3v) is 5.59. The van der Waals surface area contributed by atoms with Gasteiger partial charge in [0.2, 0.25) is 5.91 Å². The number of nitrogens with zero attached hydrogens (tertiary/aromatic N) is 1. The SMILES string of the molecule is Cc1ccc(SC(C)C(=O)NCc2ccc(N3CCOCC3)cc2)cc1. The molecule has 138 valence electrons. The zero-order valence-electron chi connectivity index (χ0n) is 15.4. The Balaban J connectivity index is 1.48. The highest BCUT2D eigenvalue weighted by molar-refractivity contribution is 8.00. The van der Waals surface area contributed by atoms with Crippen molar-refractivity contribution in [3.05, 3.63) is 59.7 Å². The summed E-state index contributed by atoms with van der Waals surface area (Å²) < 4.78 is 5.39. The fraction of sp³-hybridized carbons (Fsp3) is 0.381. The Kier molecular flexibility index (Phi) is 6.58. The predicted octanol–water partition coefficient (Wildman–Crippen LogP) is 3.63. The van der Waals surface area contributed by atoms with Crippen LogP contribution in [0.2, 0.25) is 0 Å². The first-order chi connectivity index (χ1) is 12.6. The average molecular weight is 371 g/mol. The van der Waals surface area contributed by atoms with Crippen LogP contribution in [-0.2, 0) is 16.1 Å². The smallest absolute Gasteiger partial charge is 0.233 e. The van der Waals surface area contributed by atoms with Gasteiger partial charge in [-0.3, -0.25) is 4.79 Å². The number of benzene rings is 2. The molecule has 1 N–H and O–H groups in total. The Morgan fingerprint density at radius 2 is 1.77 bits per heavy atom. The molecule has 0 saturated carbocycles. The fourth-order valence-corrected chi connectivity index (χ4v) is 3.75. The van der Waals surface area contributed by atoms with Crippen molar-refractivity contribution in [3.8, 4) is 0 Å². The van der Waals surface area contributed by atoms with E-state index in [1.54, 1.807) is 11.8 Å². The van der Waals surface area contributed by atoms with Crippen LogP contribution in [0.25, 0.3) is 0 Å². The highest BCUT2D eigenvalue weighted by Gasteiger charge is 2.14. The van der Waals surface area contributed by atoms with Gasteiger partial charge in [-0.25, -0.2) is 0 Å². The van der Waals surface area contributed by atoms with Crippen molar-refractivity contribution in [2.24, 2.45) is 0 Å². The molecule has 0 aromatic heterocycles. The first-order valence-electron chi connectivity index (χ1n) is 9.04. The molecule has 1 aliphatic heterocycles. The number of aryl methyl sites for hydroxylation is 1. The Morgan fingerprint density at radius 1 is 1.12 bits per heavy atom. The number of rotatable bonds is 6. The zero-order valence-corrected chi connectivity index (χ0v) is 16.2. The van der Waals surface area contributed by atoms with E-state index in [1.807, 2.05) is 6.92 Å². The van der Waals surface area contributed by atoms with Gasteiger partial charge >= 0.3 is 0 Å². The minimum Gasteiger partial charge on any atom is -0.378 e. The summed E-state index contributed by atoms with van der Waals surface area (Å²) in [5.41, 5.74) is 3.56. The molecule has 0 radical (unpaired) electrons. The lowest BCUT2D eigenvalue weighted by atomic mass is 10.2. The molecule has 1 unspecified atom stereocenters. The van der Waals surface area contributed by atoms with Crippen molar-refractivity contribution >= 4 is 23.4 Å². The quantitative estimate of drug-likeness (QED) is 0.789. The number of nitrogens with one attached hydrogen (secondary N) is 1. The second kappa shape index (κ2) is 9.10. The maximum atomic E-state index is 12.3. The standard InChI is InChI=1S/C21H26N2O2S/c1-16-3-9-20(10-4-16)26-17(2)21(24)22-15-18-5-7-19(8-6-18)23-11-13-25-14-12-23/h3-10,17H,11-15H2,1-2H3,(H,22,24). The van der Waals surface area contributed by atoms with Gasteiger partial charge in [0.15, 0.2) is 0 Å². The topological polar surface area (TPSA) is 41.6 Å². The van der Waals surface area contributed by atoms with Gasteiger partial charge in [-0.1, -0.05) is 29.8 Å². The first-order valence-corrected chi connectivity index (χ1v) is 9.92. The monoisotopic (exact) mass is 370 g/mol. The van der Waals surface area contributed by atoms with Crippen molar-refractivity contribution in [1.29, 1.82) is 0 Å². The summed E-state index contributed by atoms with van der Waals surface area (Å²) in [5.74, 6) is 0.0628. The summed E-state index contributed by atoms with van der Waals surface area (Å²) >= 11 is 1.59. The van der Waals surface area contributed by atoms with Crippen LogP contribution in [0.15, 0.2) is 53.4 Å². The molecule has 1 aliphatic rings. The second-order valence-electron chi connectivity index (χ2n) is 6.56. The molecule has 0 aliphatic carbocycles. The average Bonchev–Trinajstić information content (AvgIpc) is 2.69. The number of thioether (sulfide) groups is 1. The summed E-state index contributed by atoms with van der Waals surface area (Å²) in [5, 5.41) is 2.92. The minimum atomic E-state index is -0.120. The summed E-state index contributed by atoms with van der Waals surface area (Å²) in [6.45, 7) is 8.01. The first kappa shape index (κ1) is 18.8. The van der Waals surface area contributed by atoms with Crippen LogP contribution in [0.5, 0.6) is 0 Å². The van der Waals surface area contributed by atoms with Gasteiger partial charge < -0.3 is 15.0 Å². The van der Waals surface area contributed by atoms with Gasteiger partial charge in [-0.05, 0) is 43.7 Å². The number of anilines is 1. The lowest BCUT2D eigenvalue weighted by molar-refractivity contribution is -0.120. The number of morpholine rings is 1. The maximum absolute atomic E-state index is 12.3. The lowest BCUT2D eigenvalue weighted by Gasteiger charge is -2.28. The molecular weight excluding hydrogens is 344 g/mol. The Hall–Kier alpha value is -1.98. The molecule has 4 nitrogen and oxygen atoms in total. The van der Waals surface area contributed by atoms with Crippen LogP contribution in [-0.4, -0.2) is 37.5 Å². The van der Waals surface area contributed by atoms with Crippen molar-refractivity contribution in [1.82, 2.24) is 5.32 Å². The zero-order chi connectivity index (χ0) is 18.4. The second-order valence-corrected chi connectivity index (χ2v) is 7.97. The van der Waals surface area contributed by atoms with Crippen LogP contribution in [0.4, 0.5) is 5.69 Å². The molecule has 1 amide bonds. The Morgan fingerprint density at radius 3 is 2.42 bits per heavy atom. The van der Waals surface area contributed by atoms with Crippen LogP contribution in [0.1, 0.15) is 18.1 Å². The minimum absolute atomic E-state index is 0.0628. The van der Waals surface area contributed by atoms with Gasteiger partial charge in [0, 0.05) is 30.2 Å². The number of hydrogen-bond donors (Lipinski definition) is 1. The van der Waals surface area contributed by atoms with Gasteiger partial charge in [-0.2, -0.15) is 0 Å². The van der Waals surface area contributed by atoms with E-state index < -0.39 is 0 Å². The summed E-state index contributed by atoms with van der Waals surface area (Å²) in [4.78, 5) is 15.8. The molecule has 3 rings (SSSR count). The van der Waals surface area contributed by atoms with Crippen LogP contribution < -0.4 is 10.2 Å². The van der Waals surface area contributed by atoms with Crippen LogP contribution >= 0.6 is 11.8 Å². The van der Waals surface area contributed by atoms with E-state index in [1.165, 1.54) is 11.3 Å². The van der Waals surface area contributed by atoms with E-state index in [9.17, 15) is 4.79 Å². The highest BCUT2D eigenvalue weighted by atomic mass is 32.2. The third-order valence-electron chi connectivity index (χ3n) is 4.48. The fourth-order valence-electron chi connectivity index (χ4n) is 2.85. The summed E-state index contributed by atoms with van der Waals surface area (Å²) in [6.07, 6.45) is 0. The van der Waals surface area contributed by atoms with E-state index in [-0.39, 0.29) is 11.2 Å². The molecule has 1 fully saturated rings. The van der Waals surface area contributed by atoms with Gasteiger partial charge in [-0.15, -0.1) is 11.8 Å². The summed E-state index contributed by atoms with van der Waals surface area (Å²) in [7, 11) is 0. The molecule has 1 heterocycles. The van der Waals surface area contributed by atoms with Gasteiger partial charge in [0.1, 0.15) is 0 Å². The predicted molar refractivity (Wildman–Crippen MR) is 108 cm³/mol. The number of ether oxygens (including phenoxy) is 1. The Labute approximate surface area is 159 Å². The van der Waals surface area contributed by atoms with E-state index in [2.05, 4.69) is 65.7 Å². The Bertz CT molecular complexity index is 710. The molecule has 1 saturated heterocycles. The van der Waals surface area contributed by atoms with Crippen LogP contribution in [0, 0.1) is 6.92 Å². The van der Waals surface area contributed by atoms with Crippen molar-refractivity contribution in [2.75, 3.05) is 31.2 Å². The maximum Gasteiger partial charge on any atom is 0.233 e. The molecule has 2 aromatic carbocycles. The van der Waals surface area contributed by atoms with Crippen LogP contribution in [0.3, 0.4) is 0 Å². The number of amides is 1. The lowest BCUT2D eigenvalue weighted by Crippen LogP contribution is -2.36. The summed E-state index contributed by atoms with van der Waals surface area (Å²) in [6, 6.07) is 16.7. The van der Waals surface area contributed by atoms with Crippen molar-refractivity contribution in [2.45, 2.75) is 30.5 Å². The largest absolute Gasteiger partial charge is 0.378 e. The molecule has 0 spiro atoms. The normalized spacial score (nSPS) is 15.5. The van der Waals surface area contributed by atoms with E-state index in [0.717, 1.165) is 36.8 Å². The number of hydrogen-bond acceptors (Lipinski definition) is 4. The number of carbonyl (C=O) groups excluding carboxylic acids is 1. The molecule has 2 aromatic rings. The molecule has 0 bridgehead atoms. The molecule has 26 heavy (non-hydrogen) atoms. The van der Waals surface area contributed by atoms with Gasteiger partial charge in [0.05, 0.1) is 18.5 Å². The van der Waals surface area contributed by atoms with Crippen molar-refractivity contribution in [3.63, 3.8) is 0 Å². The third kappa shape index (κ3) is 5.26. The molecule has 1 atom stereocenters. The van der Waals surface area contributed by atoms with Gasteiger partial charge in [0.25, 0.3) is 0 Å². The van der Waals surface area contributed by atoms with Crippen molar-refractivity contribution < 1.29 is 9.53 Å². The molecular formula is C21H26N2O2S. The highest BCUT2D eigenvalue weighted by Crippen LogP contribution is 2.23.